The van der Waals surface area contributed by atoms with Gasteiger partial charge in [-0.1, -0.05) is 32.0 Å². The summed E-state index contributed by atoms with van der Waals surface area (Å²) in [7, 11) is 0. The molecular formula is C16H15N3O. The number of pyridine rings is 1. The van der Waals surface area contributed by atoms with Gasteiger partial charge in [-0.25, -0.2) is 0 Å². The number of carbonyl (C=O) groups is 1. The van der Waals surface area contributed by atoms with Crippen molar-refractivity contribution in [1.82, 2.24) is 4.98 Å². The maximum atomic E-state index is 12.2. The molecule has 1 heterocycles. The maximum absolute atomic E-state index is 12.2. The number of hydrogen-bond acceptors (Lipinski definition) is 3. The van der Waals surface area contributed by atoms with Gasteiger partial charge in [-0.2, -0.15) is 5.26 Å². The first kappa shape index (κ1) is 13.8. The van der Waals surface area contributed by atoms with Crippen molar-refractivity contribution in [3.8, 4) is 6.07 Å². The topological polar surface area (TPSA) is 65.8 Å². The van der Waals surface area contributed by atoms with E-state index in [1.807, 2.05) is 30.3 Å². The number of nitriles is 1. The SMILES string of the molecule is CC(C)c1ccccc1NC(=O)c1cc(C#N)ccn1. The first-order chi connectivity index (χ1) is 9.61. The molecule has 0 bridgehead atoms. The first-order valence-corrected chi connectivity index (χ1v) is 6.38. The highest BCUT2D eigenvalue weighted by molar-refractivity contribution is 6.03. The van der Waals surface area contributed by atoms with Crippen molar-refractivity contribution in [3.63, 3.8) is 0 Å². The largest absolute Gasteiger partial charge is 0.320 e. The average molecular weight is 265 g/mol. The molecule has 4 heteroatoms. The van der Waals surface area contributed by atoms with Gasteiger partial charge < -0.3 is 5.32 Å². The molecule has 0 aliphatic carbocycles. The molecule has 2 aromatic rings. The Labute approximate surface area is 118 Å². The molecule has 0 saturated carbocycles. The summed E-state index contributed by atoms with van der Waals surface area (Å²) < 4.78 is 0. The number of aromatic nitrogens is 1. The van der Waals surface area contributed by atoms with E-state index in [-0.39, 0.29) is 11.6 Å². The van der Waals surface area contributed by atoms with Gasteiger partial charge in [0.1, 0.15) is 5.69 Å². The number of carbonyl (C=O) groups excluding carboxylic acids is 1. The van der Waals surface area contributed by atoms with Crippen molar-refractivity contribution in [1.29, 1.82) is 5.26 Å². The van der Waals surface area contributed by atoms with Gasteiger partial charge in [0, 0.05) is 11.9 Å². The minimum atomic E-state index is -0.310. The highest BCUT2D eigenvalue weighted by atomic mass is 16.1. The fourth-order valence-electron chi connectivity index (χ4n) is 1.92. The fourth-order valence-corrected chi connectivity index (χ4v) is 1.92. The third kappa shape index (κ3) is 3.01. The second-order valence-corrected chi connectivity index (χ2v) is 4.74. The van der Waals surface area contributed by atoms with Crippen molar-refractivity contribution in [3.05, 3.63) is 59.4 Å². The van der Waals surface area contributed by atoms with Crippen molar-refractivity contribution >= 4 is 11.6 Å². The van der Waals surface area contributed by atoms with Gasteiger partial charge in [-0.3, -0.25) is 9.78 Å². The van der Waals surface area contributed by atoms with Crippen LogP contribution in [0, 0.1) is 11.3 Å². The second-order valence-electron chi connectivity index (χ2n) is 4.74. The second kappa shape index (κ2) is 5.98. The lowest BCUT2D eigenvalue weighted by atomic mass is 10.0. The summed E-state index contributed by atoms with van der Waals surface area (Å²) in [5.41, 5.74) is 2.50. The van der Waals surface area contributed by atoms with E-state index in [0.717, 1.165) is 11.3 Å². The molecule has 1 N–H and O–H groups in total. The molecule has 0 atom stereocenters. The molecule has 0 aliphatic heterocycles. The van der Waals surface area contributed by atoms with Gasteiger partial charge in [0.2, 0.25) is 0 Å². The molecular weight excluding hydrogens is 250 g/mol. The molecule has 0 spiro atoms. The summed E-state index contributed by atoms with van der Waals surface area (Å²) in [5.74, 6) is 0.0000944. The lowest BCUT2D eigenvalue weighted by Crippen LogP contribution is -2.15. The van der Waals surface area contributed by atoms with E-state index in [2.05, 4.69) is 24.1 Å². The molecule has 0 fully saturated rings. The Bertz CT molecular complexity index is 671. The van der Waals surface area contributed by atoms with E-state index >= 15 is 0 Å². The van der Waals surface area contributed by atoms with E-state index < -0.39 is 0 Å². The van der Waals surface area contributed by atoms with Crippen LogP contribution < -0.4 is 5.32 Å². The van der Waals surface area contributed by atoms with Crippen LogP contribution in [-0.2, 0) is 0 Å². The van der Waals surface area contributed by atoms with E-state index in [1.165, 1.54) is 12.3 Å². The Morgan fingerprint density at radius 3 is 2.75 bits per heavy atom. The molecule has 0 saturated heterocycles. The number of benzene rings is 1. The predicted molar refractivity (Wildman–Crippen MR) is 77.4 cm³/mol. The van der Waals surface area contributed by atoms with Crippen molar-refractivity contribution in [2.24, 2.45) is 0 Å². The predicted octanol–water partition coefficient (Wildman–Crippen LogP) is 3.33. The number of nitrogens with zero attached hydrogens (tertiary/aromatic N) is 2. The summed E-state index contributed by atoms with van der Waals surface area (Å²) in [4.78, 5) is 16.2. The molecule has 4 nitrogen and oxygen atoms in total. The monoisotopic (exact) mass is 265 g/mol. The van der Waals surface area contributed by atoms with E-state index in [9.17, 15) is 4.79 Å². The van der Waals surface area contributed by atoms with Gasteiger partial charge >= 0.3 is 0 Å². The zero-order valence-electron chi connectivity index (χ0n) is 11.4. The van der Waals surface area contributed by atoms with Crippen LogP contribution in [0.5, 0.6) is 0 Å². The average Bonchev–Trinajstić information content (AvgIpc) is 2.47. The normalized spacial score (nSPS) is 10.1. The summed E-state index contributed by atoms with van der Waals surface area (Å²) >= 11 is 0. The third-order valence-corrected chi connectivity index (χ3v) is 2.95. The Hall–Kier alpha value is -2.67. The smallest absolute Gasteiger partial charge is 0.274 e. The molecule has 1 aromatic carbocycles. The Kier molecular flexibility index (Phi) is 4.11. The summed E-state index contributed by atoms with van der Waals surface area (Å²) in [6.45, 7) is 4.14. The van der Waals surface area contributed by atoms with Gasteiger partial charge in [0.25, 0.3) is 5.91 Å². The number of amides is 1. The van der Waals surface area contributed by atoms with E-state index in [4.69, 9.17) is 5.26 Å². The van der Waals surface area contributed by atoms with Crippen LogP contribution in [0.25, 0.3) is 0 Å². The molecule has 0 radical (unpaired) electrons. The van der Waals surface area contributed by atoms with Gasteiger partial charge in [-0.05, 0) is 29.7 Å². The van der Waals surface area contributed by atoms with Crippen LogP contribution in [0.15, 0.2) is 42.6 Å². The molecule has 1 amide bonds. The zero-order valence-corrected chi connectivity index (χ0v) is 11.4. The number of hydrogen-bond donors (Lipinski definition) is 1. The Morgan fingerprint density at radius 2 is 2.05 bits per heavy atom. The summed E-state index contributed by atoms with van der Waals surface area (Å²) in [5, 5.41) is 11.7. The van der Waals surface area contributed by atoms with E-state index in [1.54, 1.807) is 6.07 Å². The lowest BCUT2D eigenvalue weighted by Gasteiger charge is -2.13. The summed E-state index contributed by atoms with van der Waals surface area (Å²) in [6, 6.07) is 12.7. The Balaban J connectivity index is 2.26. The van der Waals surface area contributed by atoms with Crippen LogP contribution in [-0.4, -0.2) is 10.9 Å². The zero-order chi connectivity index (χ0) is 14.5. The molecule has 2 rings (SSSR count). The van der Waals surface area contributed by atoms with Crippen LogP contribution in [0.2, 0.25) is 0 Å². The highest BCUT2D eigenvalue weighted by Crippen LogP contribution is 2.24. The molecule has 20 heavy (non-hydrogen) atoms. The minimum Gasteiger partial charge on any atom is -0.320 e. The van der Waals surface area contributed by atoms with E-state index in [0.29, 0.717) is 11.5 Å². The van der Waals surface area contributed by atoms with Gasteiger partial charge in [0.05, 0.1) is 11.6 Å². The van der Waals surface area contributed by atoms with Gasteiger partial charge in [0.15, 0.2) is 0 Å². The number of para-hydroxylation sites is 1. The molecule has 0 unspecified atom stereocenters. The number of anilines is 1. The number of rotatable bonds is 3. The third-order valence-electron chi connectivity index (χ3n) is 2.95. The number of nitrogens with one attached hydrogen (secondary N) is 1. The molecule has 100 valence electrons. The maximum Gasteiger partial charge on any atom is 0.274 e. The molecule has 0 aliphatic rings. The molecule has 1 aromatic heterocycles. The summed E-state index contributed by atoms with van der Waals surface area (Å²) in [6.07, 6.45) is 1.46. The quantitative estimate of drug-likeness (QED) is 0.925. The van der Waals surface area contributed by atoms with Crippen LogP contribution in [0.3, 0.4) is 0 Å². The standard InChI is InChI=1S/C16H15N3O/c1-11(2)13-5-3-4-6-14(13)19-16(20)15-9-12(10-17)7-8-18-15/h3-9,11H,1-2H3,(H,19,20). The van der Waals surface area contributed by atoms with Crippen molar-refractivity contribution in [2.75, 3.05) is 5.32 Å². The lowest BCUT2D eigenvalue weighted by molar-refractivity contribution is 0.102. The fraction of sp³-hybridized carbons (Fsp3) is 0.188. The highest BCUT2D eigenvalue weighted by Gasteiger charge is 2.12. The Morgan fingerprint density at radius 1 is 1.30 bits per heavy atom. The van der Waals surface area contributed by atoms with Crippen molar-refractivity contribution < 1.29 is 4.79 Å². The van der Waals surface area contributed by atoms with Crippen LogP contribution in [0.4, 0.5) is 5.69 Å². The minimum absolute atomic E-state index is 0.239. The van der Waals surface area contributed by atoms with Crippen LogP contribution in [0.1, 0.15) is 41.4 Å². The van der Waals surface area contributed by atoms with Gasteiger partial charge in [-0.15, -0.1) is 0 Å². The van der Waals surface area contributed by atoms with Crippen LogP contribution >= 0.6 is 0 Å². The first-order valence-electron chi connectivity index (χ1n) is 6.38. The van der Waals surface area contributed by atoms with Crippen molar-refractivity contribution in [2.45, 2.75) is 19.8 Å².